The fraction of sp³-hybridized carbons (Fsp3) is 0.455. The van der Waals surface area contributed by atoms with E-state index in [2.05, 4.69) is 29.6 Å². The number of nitrogens with one attached hydrogen (secondary N) is 1. The van der Waals surface area contributed by atoms with E-state index in [1.54, 1.807) is 6.07 Å². The minimum Gasteiger partial charge on any atom is -0.472 e. The molecule has 5 nitrogen and oxygen atoms in total. The summed E-state index contributed by atoms with van der Waals surface area (Å²) in [5.74, 6) is 0.110. The molecule has 27 heavy (non-hydrogen) atoms. The van der Waals surface area contributed by atoms with Gasteiger partial charge >= 0.3 is 0 Å². The van der Waals surface area contributed by atoms with Crippen molar-refractivity contribution in [3.05, 3.63) is 60.1 Å². The standard InChI is InChI=1S/C22H26N2O3/c25-20(23-16-22(10-4-11-22)19-5-2-1-3-6-19)17-7-12-24(13-8-17)21(26)18-9-14-27-15-18/h1-3,5-6,9,14-15,17H,4,7-8,10-13,16H2,(H,23,25). The van der Waals surface area contributed by atoms with Gasteiger partial charge in [0.05, 0.1) is 11.8 Å². The van der Waals surface area contributed by atoms with Crippen LogP contribution in [0, 0.1) is 5.92 Å². The summed E-state index contributed by atoms with van der Waals surface area (Å²) in [5, 5.41) is 3.21. The van der Waals surface area contributed by atoms with Gasteiger partial charge in [0.1, 0.15) is 6.26 Å². The van der Waals surface area contributed by atoms with Crippen LogP contribution in [-0.4, -0.2) is 36.3 Å². The van der Waals surface area contributed by atoms with Crippen molar-refractivity contribution >= 4 is 11.8 Å². The molecule has 5 heteroatoms. The molecule has 1 saturated carbocycles. The highest BCUT2D eigenvalue weighted by Crippen LogP contribution is 2.43. The summed E-state index contributed by atoms with van der Waals surface area (Å²) in [4.78, 5) is 26.9. The summed E-state index contributed by atoms with van der Waals surface area (Å²) in [6.07, 6.45) is 7.91. The maximum atomic E-state index is 12.7. The third-order valence-electron chi connectivity index (χ3n) is 6.22. The molecule has 1 aromatic heterocycles. The first-order valence-corrected chi connectivity index (χ1v) is 9.83. The predicted molar refractivity (Wildman–Crippen MR) is 102 cm³/mol. The van der Waals surface area contributed by atoms with E-state index in [0.717, 1.165) is 12.8 Å². The normalized spacial score (nSPS) is 19.3. The van der Waals surface area contributed by atoms with Crippen molar-refractivity contribution in [1.82, 2.24) is 10.2 Å². The van der Waals surface area contributed by atoms with Gasteiger partial charge in [-0.25, -0.2) is 0 Å². The summed E-state index contributed by atoms with van der Waals surface area (Å²) in [5.41, 5.74) is 2.01. The second kappa shape index (κ2) is 7.59. The topological polar surface area (TPSA) is 62.6 Å². The third-order valence-corrected chi connectivity index (χ3v) is 6.22. The van der Waals surface area contributed by atoms with Crippen LogP contribution in [0.25, 0.3) is 0 Å². The molecule has 1 N–H and O–H groups in total. The number of benzene rings is 1. The Morgan fingerprint density at radius 3 is 2.44 bits per heavy atom. The van der Waals surface area contributed by atoms with E-state index in [1.807, 2.05) is 11.0 Å². The van der Waals surface area contributed by atoms with E-state index in [0.29, 0.717) is 38.0 Å². The van der Waals surface area contributed by atoms with Crippen molar-refractivity contribution in [2.24, 2.45) is 5.92 Å². The van der Waals surface area contributed by atoms with Crippen molar-refractivity contribution in [3.8, 4) is 0 Å². The molecular weight excluding hydrogens is 340 g/mol. The van der Waals surface area contributed by atoms with Crippen LogP contribution >= 0.6 is 0 Å². The molecule has 1 aromatic carbocycles. The molecule has 2 heterocycles. The molecule has 0 spiro atoms. The van der Waals surface area contributed by atoms with Gasteiger partial charge in [-0.2, -0.15) is 0 Å². The zero-order valence-corrected chi connectivity index (χ0v) is 15.5. The number of carbonyl (C=O) groups excluding carboxylic acids is 2. The molecular formula is C22H26N2O3. The minimum absolute atomic E-state index is 0.00806. The highest BCUT2D eigenvalue weighted by Gasteiger charge is 2.39. The first-order valence-electron chi connectivity index (χ1n) is 9.83. The first kappa shape index (κ1) is 17.8. The molecule has 4 rings (SSSR count). The van der Waals surface area contributed by atoms with Crippen molar-refractivity contribution < 1.29 is 14.0 Å². The second-order valence-electron chi connectivity index (χ2n) is 7.80. The lowest BCUT2D eigenvalue weighted by molar-refractivity contribution is -0.126. The van der Waals surface area contributed by atoms with Crippen LogP contribution < -0.4 is 5.32 Å². The summed E-state index contributed by atoms with van der Waals surface area (Å²) in [6, 6.07) is 12.2. The molecule has 2 aromatic rings. The van der Waals surface area contributed by atoms with E-state index >= 15 is 0 Å². The van der Waals surface area contributed by atoms with Gasteiger partial charge in [-0.05, 0) is 37.3 Å². The van der Waals surface area contributed by atoms with Crippen LogP contribution in [0.3, 0.4) is 0 Å². The molecule has 0 bridgehead atoms. The number of rotatable bonds is 5. The van der Waals surface area contributed by atoms with Gasteiger partial charge in [0.25, 0.3) is 5.91 Å². The third kappa shape index (κ3) is 3.64. The van der Waals surface area contributed by atoms with Gasteiger partial charge in [0.2, 0.25) is 5.91 Å². The zero-order valence-electron chi connectivity index (χ0n) is 15.5. The molecule has 2 aliphatic rings. The maximum absolute atomic E-state index is 12.7. The van der Waals surface area contributed by atoms with Crippen LogP contribution in [-0.2, 0) is 10.2 Å². The van der Waals surface area contributed by atoms with E-state index in [4.69, 9.17) is 4.42 Å². The lowest BCUT2D eigenvalue weighted by Gasteiger charge is -2.43. The van der Waals surface area contributed by atoms with Crippen molar-refractivity contribution in [2.75, 3.05) is 19.6 Å². The average molecular weight is 366 g/mol. The van der Waals surface area contributed by atoms with Crippen molar-refractivity contribution in [1.29, 1.82) is 0 Å². The Morgan fingerprint density at radius 1 is 1.11 bits per heavy atom. The largest absolute Gasteiger partial charge is 0.472 e. The summed E-state index contributed by atoms with van der Waals surface area (Å²) >= 11 is 0. The summed E-state index contributed by atoms with van der Waals surface area (Å²) in [6.45, 7) is 1.95. The minimum atomic E-state index is -0.0138. The molecule has 0 unspecified atom stereocenters. The summed E-state index contributed by atoms with van der Waals surface area (Å²) < 4.78 is 4.99. The molecule has 0 atom stereocenters. The molecule has 0 radical (unpaired) electrons. The number of hydrogen-bond acceptors (Lipinski definition) is 3. The van der Waals surface area contributed by atoms with Gasteiger partial charge in [-0.15, -0.1) is 0 Å². The van der Waals surface area contributed by atoms with Gasteiger partial charge < -0.3 is 14.6 Å². The van der Waals surface area contributed by atoms with Crippen LogP contribution in [0.1, 0.15) is 48.0 Å². The number of furan rings is 1. The lowest BCUT2D eigenvalue weighted by Crippen LogP contribution is -2.48. The van der Waals surface area contributed by atoms with Crippen molar-refractivity contribution in [2.45, 2.75) is 37.5 Å². The lowest BCUT2D eigenvalue weighted by atomic mass is 9.64. The Hall–Kier alpha value is -2.56. The van der Waals surface area contributed by atoms with Crippen molar-refractivity contribution in [3.63, 3.8) is 0 Å². The predicted octanol–water partition coefficient (Wildman–Crippen LogP) is 3.37. The Morgan fingerprint density at radius 2 is 1.85 bits per heavy atom. The molecule has 2 amide bonds. The number of carbonyl (C=O) groups is 2. The van der Waals surface area contributed by atoms with Gasteiger partial charge in [0.15, 0.2) is 0 Å². The Kier molecular flexibility index (Phi) is 5.01. The molecule has 142 valence electrons. The summed E-state index contributed by atoms with van der Waals surface area (Å²) in [7, 11) is 0. The Bertz CT molecular complexity index is 773. The SMILES string of the molecule is O=C(NCC1(c2ccccc2)CCC1)C1CCN(C(=O)c2ccoc2)CC1. The smallest absolute Gasteiger partial charge is 0.257 e. The second-order valence-corrected chi connectivity index (χ2v) is 7.80. The van der Waals surface area contributed by atoms with E-state index < -0.39 is 0 Å². The molecule has 2 fully saturated rings. The maximum Gasteiger partial charge on any atom is 0.257 e. The number of hydrogen-bond donors (Lipinski definition) is 1. The Labute approximate surface area is 159 Å². The number of nitrogens with zero attached hydrogens (tertiary/aromatic N) is 1. The first-order chi connectivity index (χ1) is 13.2. The van der Waals surface area contributed by atoms with Gasteiger partial charge in [-0.3, -0.25) is 9.59 Å². The monoisotopic (exact) mass is 366 g/mol. The fourth-order valence-electron chi connectivity index (χ4n) is 4.28. The Balaban J connectivity index is 1.29. The highest BCUT2D eigenvalue weighted by atomic mass is 16.3. The highest BCUT2D eigenvalue weighted by molar-refractivity contribution is 5.94. The van der Waals surface area contributed by atoms with Gasteiger partial charge in [0, 0.05) is 31.0 Å². The van der Waals surface area contributed by atoms with E-state index in [9.17, 15) is 9.59 Å². The number of amides is 2. The number of likely N-dealkylation sites (tertiary alicyclic amines) is 1. The van der Waals surface area contributed by atoms with Crippen LogP contribution in [0.2, 0.25) is 0 Å². The fourth-order valence-corrected chi connectivity index (χ4v) is 4.28. The van der Waals surface area contributed by atoms with Crippen LogP contribution in [0.15, 0.2) is 53.3 Å². The molecule has 1 saturated heterocycles. The van der Waals surface area contributed by atoms with E-state index in [1.165, 1.54) is 24.5 Å². The zero-order chi connectivity index (χ0) is 18.7. The van der Waals surface area contributed by atoms with Crippen LogP contribution in [0.5, 0.6) is 0 Å². The molecule has 1 aliphatic heterocycles. The average Bonchev–Trinajstić information content (AvgIpc) is 3.22. The quantitative estimate of drug-likeness (QED) is 0.882. The van der Waals surface area contributed by atoms with E-state index in [-0.39, 0.29) is 23.1 Å². The number of piperidine rings is 1. The molecule has 1 aliphatic carbocycles. The van der Waals surface area contributed by atoms with Gasteiger partial charge in [-0.1, -0.05) is 36.8 Å². The van der Waals surface area contributed by atoms with Crippen LogP contribution in [0.4, 0.5) is 0 Å².